The van der Waals surface area contributed by atoms with Gasteiger partial charge < -0.3 is 10.6 Å². The molecule has 0 spiro atoms. The second-order valence-electron chi connectivity index (χ2n) is 3.41. The molecule has 1 rings (SSSR count). The Hall–Kier alpha value is -0.570. The summed E-state index contributed by atoms with van der Waals surface area (Å²) >= 11 is 0. The molecule has 2 N–H and O–H groups in total. The molecule has 2 atom stereocenters. The molecule has 1 aliphatic heterocycles. The lowest BCUT2D eigenvalue weighted by atomic mass is 10.00. The third-order valence-corrected chi connectivity index (χ3v) is 2.43. The molecule has 0 aromatic carbocycles. The van der Waals surface area contributed by atoms with Crippen LogP contribution in [-0.4, -0.2) is 24.5 Å². The van der Waals surface area contributed by atoms with Gasteiger partial charge in [0.1, 0.15) is 0 Å². The van der Waals surface area contributed by atoms with E-state index in [-0.39, 0.29) is 5.91 Å². The van der Waals surface area contributed by atoms with Gasteiger partial charge in [-0.3, -0.25) is 4.79 Å². The van der Waals surface area contributed by atoms with E-state index in [0.29, 0.717) is 18.5 Å². The third kappa shape index (κ3) is 2.48. The number of piperidine rings is 1. The highest BCUT2D eigenvalue weighted by molar-refractivity contribution is 5.75. The fourth-order valence-electron chi connectivity index (χ4n) is 1.55. The fourth-order valence-corrected chi connectivity index (χ4v) is 1.55. The summed E-state index contributed by atoms with van der Waals surface area (Å²) in [7, 11) is 0. The molecule has 1 aliphatic rings. The molecule has 0 aromatic rings. The van der Waals surface area contributed by atoms with Gasteiger partial charge in [0.25, 0.3) is 0 Å². The van der Waals surface area contributed by atoms with Crippen LogP contribution in [0.5, 0.6) is 0 Å². The van der Waals surface area contributed by atoms with Crippen molar-refractivity contribution in [1.82, 2.24) is 10.6 Å². The first-order valence-electron chi connectivity index (χ1n) is 4.76. The predicted octanol–water partition coefficient (Wildman–Crippen LogP) is 0.653. The van der Waals surface area contributed by atoms with Crippen LogP contribution in [0, 0.1) is 0 Å². The van der Waals surface area contributed by atoms with E-state index in [4.69, 9.17) is 0 Å². The average molecular weight is 170 g/mol. The van der Waals surface area contributed by atoms with Gasteiger partial charge in [-0.1, -0.05) is 6.92 Å². The van der Waals surface area contributed by atoms with E-state index in [9.17, 15) is 4.79 Å². The van der Waals surface area contributed by atoms with Gasteiger partial charge in [-0.2, -0.15) is 0 Å². The Bertz CT molecular complexity index is 159. The van der Waals surface area contributed by atoms with Gasteiger partial charge >= 0.3 is 0 Å². The van der Waals surface area contributed by atoms with E-state index in [0.717, 1.165) is 13.0 Å². The van der Waals surface area contributed by atoms with E-state index in [1.807, 2.05) is 6.92 Å². The lowest BCUT2D eigenvalue weighted by molar-refractivity contribution is -0.121. The number of carbonyl (C=O) groups is 1. The van der Waals surface area contributed by atoms with E-state index in [2.05, 4.69) is 17.6 Å². The van der Waals surface area contributed by atoms with Gasteiger partial charge in [-0.15, -0.1) is 0 Å². The molecule has 0 aromatic heterocycles. The number of nitrogens with one attached hydrogen (secondary N) is 2. The van der Waals surface area contributed by atoms with Crippen molar-refractivity contribution >= 4 is 5.91 Å². The van der Waals surface area contributed by atoms with Gasteiger partial charge in [-0.25, -0.2) is 0 Å². The van der Waals surface area contributed by atoms with Crippen molar-refractivity contribution in [3.05, 3.63) is 0 Å². The Kier molecular flexibility index (Phi) is 3.53. The zero-order valence-corrected chi connectivity index (χ0v) is 7.89. The molecule has 0 aliphatic carbocycles. The number of hydrogen-bond acceptors (Lipinski definition) is 2. The summed E-state index contributed by atoms with van der Waals surface area (Å²) in [5.74, 6) is 0.163. The molecule has 70 valence electrons. The first kappa shape index (κ1) is 9.52. The average Bonchev–Trinajstić information content (AvgIpc) is 2.09. The molecule has 12 heavy (non-hydrogen) atoms. The lowest BCUT2D eigenvalue weighted by Gasteiger charge is -2.30. The van der Waals surface area contributed by atoms with Crippen molar-refractivity contribution in [3.63, 3.8) is 0 Å². The minimum atomic E-state index is 0.163. The summed E-state index contributed by atoms with van der Waals surface area (Å²) in [5, 5.41) is 6.36. The van der Waals surface area contributed by atoms with Crippen LogP contribution >= 0.6 is 0 Å². The standard InChI is InChI=1S/C9H18N2O/c1-3-9(12)11-8-5-4-6-10-7(8)2/h7-8,10H,3-6H2,1-2H3,(H,11,12)/t7-,8-/m1/s1. The van der Waals surface area contributed by atoms with Crippen molar-refractivity contribution in [2.45, 2.75) is 45.2 Å². The van der Waals surface area contributed by atoms with Crippen LogP contribution in [0.3, 0.4) is 0 Å². The minimum Gasteiger partial charge on any atom is -0.352 e. The predicted molar refractivity (Wildman–Crippen MR) is 48.9 cm³/mol. The molecule has 0 radical (unpaired) electrons. The number of carbonyl (C=O) groups excluding carboxylic acids is 1. The van der Waals surface area contributed by atoms with Crippen LogP contribution in [0.15, 0.2) is 0 Å². The topological polar surface area (TPSA) is 41.1 Å². The zero-order valence-electron chi connectivity index (χ0n) is 7.89. The van der Waals surface area contributed by atoms with Gasteiger partial charge in [0.2, 0.25) is 5.91 Å². The Morgan fingerprint density at radius 2 is 2.42 bits per heavy atom. The van der Waals surface area contributed by atoms with Crippen LogP contribution in [-0.2, 0) is 4.79 Å². The Balaban J connectivity index is 2.33. The summed E-state index contributed by atoms with van der Waals surface area (Å²) in [6.45, 7) is 5.09. The molecular formula is C9H18N2O. The molecular weight excluding hydrogens is 152 g/mol. The zero-order chi connectivity index (χ0) is 8.97. The van der Waals surface area contributed by atoms with E-state index in [1.54, 1.807) is 0 Å². The minimum absolute atomic E-state index is 0.163. The molecule has 0 unspecified atom stereocenters. The van der Waals surface area contributed by atoms with Gasteiger partial charge in [0.15, 0.2) is 0 Å². The van der Waals surface area contributed by atoms with Gasteiger partial charge in [0.05, 0.1) is 0 Å². The molecule has 1 heterocycles. The van der Waals surface area contributed by atoms with Crippen LogP contribution in [0.4, 0.5) is 0 Å². The molecule has 3 nitrogen and oxygen atoms in total. The lowest BCUT2D eigenvalue weighted by Crippen LogP contribution is -2.51. The van der Waals surface area contributed by atoms with Crippen LogP contribution in [0.2, 0.25) is 0 Å². The van der Waals surface area contributed by atoms with E-state index >= 15 is 0 Å². The SMILES string of the molecule is CCC(=O)N[C@@H]1CCCN[C@@H]1C. The molecule has 1 fully saturated rings. The fraction of sp³-hybridized carbons (Fsp3) is 0.889. The highest BCUT2D eigenvalue weighted by atomic mass is 16.1. The van der Waals surface area contributed by atoms with Crippen LogP contribution in [0.1, 0.15) is 33.1 Å². The number of amides is 1. The second-order valence-corrected chi connectivity index (χ2v) is 3.41. The summed E-state index contributed by atoms with van der Waals surface area (Å²) < 4.78 is 0. The molecule has 0 saturated carbocycles. The molecule has 3 heteroatoms. The Morgan fingerprint density at radius 1 is 1.67 bits per heavy atom. The van der Waals surface area contributed by atoms with Crippen LogP contribution < -0.4 is 10.6 Å². The van der Waals surface area contributed by atoms with Crippen molar-refractivity contribution in [1.29, 1.82) is 0 Å². The molecule has 0 bridgehead atoms. The van der Waals surface area contributed by atoms with Crippen molar-refractivity contribution in [2.75, 3.05) is 6.54 Å². The summed E-state index contributed by atoms with van der Waals surface area (Å²) in [6.07, 6.45) is 2.86. The Morgan fingerprint density at radius 3 is 3.00 bits per heavy atom. The normalized spacial score (nSPS) is 29.8. The van der Waals surface area contributed by atoms with Crippen molar-refractivity contribution in [3.8, 4) is 0 Å². The number of hydrogen-bond donors (Lipinski definition) is 2. The van der Waals surface area contributed by atoms with Gasteiger partial charge in [-0.05, 0) is 26.3 Å². The quantitative estimate of drug-likeness (QED) is 0.639. The maximum absolute atomic E-state index is 11.1. The highest BCUT2D eigenvalue weighted by Gasteiger charge is 2.21. The van der Waals surface area contributed by atoms with E-state index < -0.39 is 0 Å². The maximum atomic E-state index is 11.1. The summed E-state index contributed by atoms with van der Waals surface area (Å²) in [5.41, 5.74) is 0. The first-order chi connectivity index (χ1) is 5.74. The Labute approximate surface area is 73.9 Å². The van der Waals surface area contributed by atoms with E-state index in [1.165, 1.54) is 6.42 Å². The summed E-state index contributed by atoms with van der Waals surface area (Å²) in [4.78, 5) is 11.1. The first-order valence-corrected chi connectivity index (χ1v) is 4.76. The molecule has 1 saturated heterocycles. The smallest absolute Gasteiger partial charge is 0.219 e. The maximum Gasteiger partial charge on any atom is 0.219 e. The monoisotopic (exact) mass is 170 g/mol. The molecule has 1 amide bonds. The number of rotatable bonds is 2. The van der Waals surface area contributed by atoms with Crippen molar-refractivity contribution in [2.24, 2.45) is 0 Å². The van der Waals surface area contributed by atoms with Crippen LogP contribution in [0.25, 0.3) is 0 Å². The van der Waals surface area contributed by atoms with Gasteiger partial charge in [0, 0.05) is 18.5 Å². The highest BCUT2D eigenvalue weighted by Crippen LogP contribution is 2.07. The summed E-state index contributed by atoms with van der Waals surface area (Å²) in [6, 6.07) is 0.764. The second kappa shape index (κ2) is 4.45. The van der Waals surface area contributed by atoms with Crippen molar-refractivity contribution < 1.29 is 4.79 Å². The largest absolute Gasteiger partial charge is 0.352 e. The third-order valence-electron chi connectivity index (χ3n) is 2.43.